The highest BCUT2D eigenvalue weighted by Gasteiger charge is 2.60. The monoisotopic (exact) mass is 321 g/mol. The van der Waals surface area contributed by atoms with Gasteiger partial charge < -0.3 is 15.9 Å². The molecule has 0 unspecified atom stereocenters. The van der Waals surface area contributed by atoms with Gasteiger partial charge in [0, 0.05) is 17.9 Å². The molecular formula is C19H28FNO2. The molecule has 0 aliphatic heterocycles. The largest absolute Gasteiger partial charge is 0.362 e. The van der Waals surface area contributed by atoms with E-state index in [1.54, 1.807) is 6.08 Å². The molecule has 23 heavy (non-hydrogen) atoms. The molecule has 0 saturated heterocycles. The fourth-order valence-corrected chi connectivity index (χ4v) is 6.24. The Morgan fingerprint density at radius 1 is 1.22 bits per heavy atom. The third-order valence-corrected chi connectivity index (χ3v) is 7.75. The van der Waals surface area contributed by atoms with Crippen molar-refractivity contribution >= 4 is 0 Å². The van der Waals surface area contributed by atoms with E-state index in [0.717, 1.165) is 24.8 Å². The van der Waals surface area contributed by atoms with Crippen LogP contribution in [0.1, 0.15) is 46.0 Å². The molecular weight excluding hydrogens is 293 g/mol. The van der Waals surface area contributed by atoms with Crippen LogP contribution in [0.2, 0.25) is 0 Å². The van der Waals surface area contributed by atoms with E-state index in [9.17, 15) is 14.6 Å². The van der Waals surface area contributed by atoms with Crippen molar-refractivity contribution in [1.29, 1.82) is 0 Å². The molecule has 4 aliphatic carbocycles. The van der Waals surface area contributed by atoms with Crippen LogP contribution >= 0.6 is 0 Å². The second kappa shape index (κ2) is 4.68. The summed E-state index contributed by atoms with van der Waals surface area (Å²) in [5.74, 6) is -0.486. The van der Waals surface area contributed by atoms with Crippen LogP contribution in [0.3, 0.4) is 0 Å². The van der Waals surface area contributed by atoms with E-state index in [4.69, 9.17) is 5.73 Å². The Kier molecular flexibility index (Phi) is 3.21. The van der Waals surface area contributed by atoms with Crippen LogP contribution in [-0.2, 0) is 0 Å². The summed E-state index contributed by atoms with van der Waals surface area (Å²) in [4.78, 5) is 0. The number of alkyl halides is 1. The van der Waals surface area contributed by atoms with Gasteiger partial charge in [-0.2, -0.15) is 0 Å². The summed E-state index contributed by atoms with van der Waals surface area (Å²) in [7, 11) is 0. The predicted molar refractivity (Wildman–Crippen MR) is 87.0 cm³/mol. The Hall–Kier alpha value is -0.710. The zero-order valence-corrected chi connectivity index (χ0v) is 14.0. The maximum atomic E-state index is 14.3. The number of allylic oxidation sites excluding steroid dienone is 2. The average molecular weight is 321 g/mol. The third-order valence-electron chi connectivity index (χ3n) is 7.75. The maximum absolute atomic E-state index is 14.3. The van der Waals surface area contributed by atoms with Gasteiger partial charge in [-0.3, -0.25) is 0 Å². The lowest BCUT2D eigenvalue weighted by Gasteiger charge is -2.56. The molecule has 0 bridgehead atoms. The lowest BCUT2D eigenvalue weighted by molar-refractivity contribution is -0.127. The first-order chi connectivity index (χ1) is 10.7. The van der Waals surface area contributed by atoms with Crippen molar-refractivity contribution < 1.29 is 14.6 Å². The highest BCUT2D eigenvalue weighted by Crippen LogP contribution is 2.64. The van der Waals surface area contributed by atoms with Crippen LogP contribution in [0.15, 0.2) is 23.8 Å². The smallest absolute Gasteiger partial charge is 0.186 e. The van der Waals surface area contributed by atoms with Gasteiger partial charge in [0.15, 0.2) is 5.79 Å². The fourth-order valence-electron chi connectivity index (χ4n) is 6.24. The maximum Gasteiger partial charge on any atom is 0.186 e. The Morgan fingerprint density at radius 3 is 2.70 bits per heavy atom. The first-order valence-electron chi connectivity index (χ1n) is 8.92. The SMILES string of the molecule is C[C@]12CC[C@H]3[C@@H](CC=C4CC(O)(O)C=C[C@@]43C)[C@@H]1C[C@@H](F)[C@@H]2N. The van der Waals surface area contributed by atoms with E-state index in [-0.39, 0.29) is 23.3 Å². The van der Waals surface area contributed by atoms with Crippen LogP contribution in [0.5, 0.6) is 0 Å². The summed E-state index contributed by atoms with van der Waals surface area (Å²) in [5, 5.41) is 19.9. The predicted octanol–water partition coefficient (Wildman–Crippen LogP) is 2.68. The second-order valence-corrected chi connectivity index (χ2v) is 8.84. The van der Waals surface area contributed by atoms with Crippen molar-refractivity contribution in [3.05, 3.63) is 23.8 Å². The minimum absolute atomic E-state index is 0.0849. The topological polar surface area (TPSA) is 66.5 Å². The number of hydrogen-bond acceptors (Lipinski definition) is 3. The van der Waals surface area contributed by atoms with Crippen molar-refractivity contribution in [2.24, 2.45) is 34.3 Å². The number of fused-ring (bicyclic) bond motifs is 5. The molecule has 128 valence electrons. The Morgan fingerprint density at radius 2 is 1.96 bits per heavy atom. The van der Waals surface area contributed by atoms with Crippen LogP contribution in [0, 0.1) is 28.6 Å². The van der Waals surface area contributed by atoms with Crippen LogP contribution < -0.4 is 5.73 Å². The van der Waals surface area contributed by atoms with Crippen molar-refractivity contribution in [2.75, 3.05) is 0 Å². The van der Waals surface area contributed by atoms with Gasteiger partial charge in [0.1, 0.15) is 6.17 Å². The molecule has 0 heterocycles. The third kappa shape index (κ3) is 2.04. The summed E-state index contributed by atoms with van der Waals surface area (Å²) in [6.45, 7) is 4.40. The summed E-state index contributed by atoms with van der Waals surface area (Å²) >= 11 is 0. The lowest BCUT2D eigenvalue weighted by atomic mass is 9.49. The fraction of sp³-hybridized carbons (Fsp3) is 0.789. The summed E-state index contributed by atoms with van der Waals surface area (Å²) < 4.78 is 14.3. The normalized spacial score (nSPS) is 54.0. The molecule has 4 N–H and O–H groups in total. The minimum Gasteiger partial charge on any atom is -0.362 e. The minimum atomic E-state index is -1.72. The van der Waals surface area contributed by atoms with Gasteiger partial charge in [-0.15, -0.1) is 0 Å². The van der Waals surface area contributed by atoms with Crippen molar-refractivity contribution in [1.82, 2.24) is 0 Å². The lowest BCUT2D eigenvalue weighted by Crippen LogP contribution is -2.52. The van der Waals surface area contributed by atoms with Gasteiger partial charge in [-0.05, 0) is 54.9 Å². The van der Waals surface area contributed by atoms with E-state index in [0.29, 0.717) is 24.2 Å². The summed E-state index contributed by atoms with van der Waals surface area (Å²) in [5.41, 5.74) is 7.14. The molecule has 0 amide bonds. The van der Waals surface area contributed by atoms with Crippen molar-refractivity contribution in [3.8, 4) is 0 Å². The van der Waals surface area contributed by atoms with E-state index < -0.39 is 12.0 Å². The zero-order valence-electron chi connectivity index (χ0n) is 14.0. The Balaban J connectivity index is 1.71. The highest BCUT2D eigenvalue weighted by molar-refractivity contribution is 5.34. The molecule has 4 rings (SSSR count). The van der Waals surface area contributed by atoms with Gasteiger partial charge in [0.25, 0.3) is 0 Å². The molecule has 0 spiro atoms. The standard InChI is InChI=1S/C19H28FNO2/c1-17-7-8-19(22,23)10-11(17)3-4-12-13(17)5-6-18(2)14(12)9-15(20)16(18)21/h3,7-8,12-16,22-23H,4-6,9-10,21H2,1-2H3/t12-,13+,14+,15-,16+,17+,18+/m1/s1. The molecule has 4 heteroatoms. The van der Waals surface area contributed by atoms with Gasteiger partial charge in [0.05, 0.1) is 0 Å². The molecule has 0 radical (unpaired) electrons. The zero-order chi connectivity index (χ0) is 16.6. The number of rotatable bonds is 0. The van der Waals surface area contributed by atoms with Gasteiger partial charge in [-0.1, -0.05) is 31.6 Å². The quantitative estimate of drug-likeness (QED) is 0.475. The van der Waals surface area contributed by atoms with Crippen LogP contribution in [0.4, 0.5) is 4.39 Å². The average Bonchev–Trinajstić information content (AvgIpc) is 2.71. The van der Waals surface area contributed by atoms with Gasteiger partial charge in [-0.25, -0.2) is 4.39 Å². The molecule has 0 aromatic heterocycles. The van der Waals surface area contributed by atoms with Gasteiger partial charge >= 0.3 is 0 Å². The Bertz CT molecular complexity index is 586. The second-order valence-electron chi connectivity index (χ2n) is 8.84. The first kappa shape index (κ1) is 15.8. The Labute approximate surface area is 137 Å². The molecule has 2 saturated carbocycles. The summed E-state index contributed by atoms with van der Waals surface area (Å²) in [6.07, 6.45) is 8.64. The molecule has 0 aromatic rings. The van der Waals surface area contributed by atoms with E-state index in [2.05, 4.69) is 19.9 Å². The highest BCUT2D eigenvalue weighted by atomic mass is 19.1. The van der Waals surface area contributed by atoms with Gasteiger partial charge in [0.2, 0.25) is 0 Å². The van der Waals surface area contributed by atoms with E-state index in [1.807, 2.05) is 6.08 Å². The molecule has 0 aromatic carbocycles. The van der Waals surface area contributed by atoms with Crippen LogP contribution in [0.25, 0.3) is 0 Å². The summed E-state index contributed by atoms with van der Waals surface area (Å²) in [6, 6.07) is -0.337. The first-order valence-corrected chi connectivity index (χ1v) is 8.92. The number of hydrogen-bond donors (Lipinski definition) is 3. The number of nitrogens with two attached hydrogens (primary N) is 1. The molecule has 2 fully saturated rings. The van der Waals surface area contributed by atoms with E-state index in [1.165, 1.54) is 0 Å². The van der Waals surface area contributed by atoms with Crippen molar-refractivity contribution in [2.45, 2.75) is 64.0 Å². The number of aliphatic hydroxyl groups is 2. The van der Waals surface area contributed by atoms with E-state index >= 15 is 0 Å². The molecule has 3 nitrogen and oxygen atoms in total. The van der Waals surface area contributed by atoms with Crippen molar-refractivity contribution in [3.63, 3.8) is 0 Å². The number of halogens is 1. The van der Waals surface area contributed by atoms with Crippen LogP contribution in [-0.4, -0.2) is 28.2 Å². The molecule has 7 atom stereocenters. The molecule has 4 aliphatic rings.